The van der Waals surface area contributed by atoms with Crippen LogP contribution in [0.5, 0.6) is 0 Å². The number of carbonyl (C=O) groups excluding carboxylic acids is 1. The van der Waals surface area contributed by atoms with E-state index in [9.17, 15) is 18.0 Å². The zero-order chi connectivity index (χ0) is 15.5. The van der Waals surface area contributed by atoms with Crippen LogP contribution in [0.15, 0.2) is 22.7 Å². The van der Waals surface area contributed by atoms with E-state index in [-0.39, 0.29) is 16.1 Å². The molecule has 0 fully saturated rings. The summed E-state index contributed by atoms with van der Waals surface area (Å²) in [6.45, 7) is 3.70. The Morgan fingerprint density at radius 3 is 2.55 bits per heavy atom. The molecule has 2 atom stereocenters. The van der Waals surface area contributed by atoms with Crippen LogP contribution >= 0.6 is 15.9 Å². The minimum atomic E-state index is -4.49. The molecule has 7 heteroatoms. The third-order valence-electron chi connectivity index (χ3n) is 3.10. The van der Waals surface area contributed by atoms with Crippen molar-refractivity contribution in [3.05, 3.63) is 28.2 Å². The molecule has 3 nitrogen and oxygen atoms in total. The van der Waals surface area contributed by atoms with Crippen LogP contribution in [0.3, 0.4) is 0 Å². The van der Waals surface area contributed by atoms with Gasteiger partial charge in [-0.1, -0.05) is 36.2 Å². The summed E-state index contributed by atoms with van der Waals surface area (Å²) in [5, 5.41) is 2.41. The van der Waals surface area contributed by atoms with Gasteiger partial charge in [-0.3, -0.25) is 4.79 Å². The molecule has 0 aliphatic heterocycles. The highest BCUT2D eigenvalue weighted by Crippen LogP contribution is 2.36. The van der Waals surface area contributed by atoms with Gasteiger partial charge in [-0.05, 0) is 24.1 Å². The van der Waals surface area contributed by atoms with Crippen molar-refractivity contribution in [2.24, 2.45) is 11.7 Å². The molecule has 0 saturated carbocycles. The van der Waals surface area contributed by atoms with Crippen molar-refractivity contribution in [2.75, 3.05) is 5.32 Å². The highest BCUT2D eigenvalue weighted by molar-refractivity contribution is 9.10. The van der Waals surface area contributed by atoms with E-state index in [1.54, 1.807) is 0 Å². The van der Waals surface area contributed by atoms with Crippen LogP contribution in [-0.2, 0) is 11.0 Å². The number of carbonyl (C=O) groups is 1. The molecule has 20 heavy (non-hydrogen) atoms. The van der Waals surface area contributed by atoms with Gasteiger partial charge in [-0.25, -0.2) is 0 Å². The van der Waals surface area contributed by atoms with Crippen LogP contribution in [0.1, 0.15) is 25.8 Å². The molecule has 0 aromatic heterocycles. The van der Waals surface area contributed by atoms with Crippen molar-refractivity contribution in [2.45, 2.75) is 32.5 Å². The Labute approximate surface area is 123 Å². The maximum Gasteiger partial charge on any atom is 0.417 e. The third-order valence-corrected chi connectivity index (χ3v) is 3.79. The Hall–Kier alpha value is -1.08. The number of halogens is 4. The van der Waals surface area contributed by atoms with Crippen molar-refractivity contribution in [1.29, 1.82) is 0 Å². The summed E-state index contributed by atoms with van der Waals surface area (Å²) < 4.78 is 38.1. The fourth-order valence-electron chi connectivity index (χ4n) is 1.56. The molecule has 0 radical (unpaired) electrons. The van der Waals surface area contributed by atoms with E-state index in [0.29, 0.717) is 6.42 Å². The summed E-state index contributed by atoms with van der Waals surface area (Å²) in [5.41, 5.74) is 4.96. The lowest BCUT2D eigenvalue weighted by Crippen LogP contribution is -2.40. The number of hydrogen-bond acceptors (Lipinski definition) is 2. The van der Waals surface area contributed by atoms with Gasteiger partial charge in [0.1, 0.15) is 0 Å². The molecular weight excluding hydrogens is 337 g/mol. The molecule has 112 valence electrons. The number of benzene rings is 1. The Bertz CT molecular complexity index is 491. The molecule has 0 aliphatic rings. The Morgan fingerprint density at radius 2 is 2.05 bits per heavy atom. The smallest absolute Gasteiger partial charge is 0.325 e. The van der Waals surface area contributed by atoms with E-state index in [4.69, 9.17) is 5.73 Å². The summed E-state index contributed by atoms with van der Waals surface area (Å²) in [6, 6.07) is 2.76. The Morgan fingerprint density at radius 1 is 1.45 bits per heavy atom. The normalized spacial score (nSPS) is 14.8. The molecular formula is C13H16BrF3N2O. The third kappa shape index (κ3) is 4.21. The van der Waals surface area contributed by atoms with E-state index < -0.39 is 23.7 Å². The summed E-state index contributed by atoms with van der Waals surface area (Å²) in [6.07, 6.45) is -3.78. The first-order valence-electron chi connectivity index (χ1n) is 6.10. The predicted octanol–water partition coefficient (Wildman–Crippen LogP) is 3.78. The van der Waals surface area contributed by atoms with Gasteiger partial charge in [-0.2, -0.15) is 13.2 Å². The fourth-order valence-corrected chi connectivity index (χ4v) is 2.03. The van der Waals surface area contributed by atoms with Gasteiger partial charge in [0.2, 0.25) is 5.91 Å². The largest absolute Gasteiger partial charge is 0.417 e. The van der Waals surface area contributed by atoms with Crippen LogP contribution in [0.2, 0.25) is 0 Å². The first-order chi connectivity index (χ1) is 9.16. The number of alkyl halides is 3. The maximum atomic E-state index is 12.7. The lowest BCUT2D eigenvalue weighted by atomic mass is 9.99. The van der Waals surface area contributed by atoms with Crippen LogP contribution in [0.4, 0.5) is 18.9 Å². The van der Waals surface area contributed by atoms with Crippen LogP contribution in [-0.4, -0.2) is 11.9 Å². The van der Waals surface area contributed by atoms with Crippen molar-refractivity contribution < 1.29 is 18.0 Å². The number of nitrogens with two attached hydrogens (primary N) is 1. The van der Waals surface area contributed by atoms with E-state index >= 15 is 0 Å². The summed E-state index contributed by atoms with van der Waals surface area (Å²) in [5.74, 6) is -0.540. The molecule has 1 aromatic carbocycles. The highest BCUT2D eigenvalue weighted by atomic mass is 79.9. The summed E-state index contributed by atoms with van der Waals surface area (Å²) in [4.78, 5) is 11.8. The van der Waals surface area contributed by atoms with Gasteiger partial charge < -0.3 is 11.1 Å². The van der Waals surface area contributed by atoms with E-state index in [1.807, 2.05) is 13.8 Å². The topological polar surface area (TPSA) is 55.1 Å². The lowest BCUT2D eigenvalue weighted by molar-refractivity contribution is -0.138. The van der Waals surface area contributed by atoms with Crippen molar-refractivity contribution in [3.63, 3.8) is 0 Å². The number of amides is 1. The van der Waals surface area contributed by atoms with Gasteiger partial charge in [0.05, 0.1) is 11.6 Å². The van der Waals surface area contributed by atoms with Gasteiger partial charge in [0.15, 0.2) is 0 Å². The zero-order valence-electron chi connectivity index (χ0n) is 11.1. The summed E-state index contributed by atoms with van der Waals surface area (Å²) in [7, 11) is 0. The van der Waals surface area contributed by atoms with Crippen LogP contribution in [0.25, 0.3) is 0 Å². The molecule has 0 spiro atoms. The SMILES string of the molecule is CCC(C)[C@H](N)C(=O)Nc1ccc(Br)c(C(F)(F)F)c1. The molecule has 3 N–H and O–H groups in total. The summed E-state index contributed by atoms with van der Waals surface area (Å²) >= 11 is 2.84. The second-order valence-electron chi connectivity index (χ2n) is 4.59. The Kier molecular flexibility index (Phi) is 5.59. The van der Waals surface area contributed by atoms with E-state index in [2.05, 4.69) is 21.2 Å². The average molecular weight is 353 g/mol. The number of hydrogen-bond donors (Lipinski definition) is 2. The van der Waals surface area contributed by atoms with Crippen molar-refractivity contribution in [1.82, 2.24) is 0 Å². The number of rotatable bonds is 4. The second-order valence-corrected chi connectivity index (χ2v) is 5.45. The molecule has 0 heterocycles. The van der Waals surface area contributed by atoms with E-state index in [1.165, 1.54) is 12.1 Å². The average Bonchev–Trinajstić information content (AvgIpc) is 2.37. The highest BCUT2D eigenvalue weighted by Gasteiger charge is 2.33. The predicted molar refractivity (Wildman–Crippen MR) is 75.2 cm³/mol. The first kappa shape index (κ1) is 17.0. The molecule has 0 saturated heterocycles. The number of anilines is 1. The zero-order valence-corrected chi connectivity index (χ0v) is 12.7. The maximum absolute atomic E-state index is 12.7. The van der Waals surface area contributed by atoms with Gasteiger partial charge >= 0.3 is 6.18 Å². The van der Waals surface area contributed by atoms with Gasteiger partial charge in [0.25, 0.3) is 0 Å². The molecule has 1 amide bonds. The second kappa shape index (κ2) is 6.58. The molecule has 1 aromatic rings. The quantitative estimate of drug-likeness (QED) is 0.866. The fraction of sp³-hybridized carbons (Fsp3) is 0.462. The van der Waals surface area contributed by atoms with Crippen LogP contribution < -0.4 is 11.1 Å². The minimum absolute atomic E-state index is 0.0486. The van der Waals surface area contributed by atoms with Gasteiger partial charge in [0, 0.05) is 10.2 Å². The van der Waals surface area contributed by atoms with Crippen molar-refractivity contribution in [3.8, 4) is 0 Å². The van der Waals surface area contributed by atoms with Crippen LogP contribution in [0, 0.1) is 5.92 Å². The number of nitrogens with one attached hydrogen (secondary N) is 1. The standard InChI is InChI=1S/C13H16BrF3N2O/c1-3-7(2)11(18)12(20)19-8-4-5-10(14)9(6-8)13(15,16)17/h4-7,11H,3,18H2,1-2H3,(H,19,20)/t7?,11-/m0/s1. The van der Waals surface area contributed by atoms with Gasteiger partial charge in [-0.15, -0.1) is 0 Å². The molecule has 1 unspecified atom stereocenters. The minimum Gasteiger partial charge on any atom is -0.325 e. The molecule has 0 aliphatic carbocycles. The van der Waals surface area contributed by atoms with Crippen molar-refractivity contribution >= 4 is 27.5 Å². The lowest BCUT2D eigenvalue weighted by Gasteiger charge is -2.18. The molecule has 1 rings (SSSR count). The first-order valence-corrected chi connectivity index (χ1v) is 6.89. The Balaban J connectivity index is 2.92. The monoisotopic (exact) mass is 352 g/mol. The van der Waals surface area contributed by atoms with E-state index in [0.717, 1.165) is 6.07 Å². The molecule has 0 bridgehead atoms.